The number of aryl methyl sites for hydroxylation is 1. The van der Waals surface area contributed by atoms with Gasteiger partial charge in [-0.15, -0.1) is 0 Å². The molecule has 1 aromatic rings. The predicted octanol–water partition coefficient (Wildman–Crippen LogP) is 2.86. The molecular weight excluding hydrogens is 312 g/mol. The number of fused-ring (bicyclic) bond motifs is 5. The number of ketones is 1. The van der Waals surface area contributed by atoms with Crippen LogP contribution in [0.5, 0.6) is 5.75 Å². The van der Waals surface area contributed by atoms with Gasteiger partial charge in [-0.2, -0.15) is 0 Å². The van der Waals surface area contributed by atoms with Gasteiger partial charge in [-0.1, -0.05) is 13.0 Å². The third-order valence-corrected chi connectivity index (χ3v) is 7.53. The molecule has 136 valence electrons. The lowest BCUT2D eigenvalue weighted by atomic mass is 9.50. The maximum Gasteiger partial charge on any atom is 0.139 e. The second-order valence-electron chi connectivity index (χ2n) is 8.80. The van der Waals surface area contributed by atoms with Crippen LogP contribution in [0.2, 0.25) is 0 Å². The number of phenolic OH excluding ortho intramolecular Hbond substituents is 1. The fourth-order valence-electron chi connectivity index (χ4n) is 6.46. The minimum absolute atomic E-state index is 0.250. The molecule has 2 fully saturated rings. The summed E-state index contributed by atoms with van der Waals surface area (Å²) in [6.45, 7) is 2.84. The van der Waals surface area contributed by atoms with E-state index in [0.29, 0.717) is 36.3 Å². The van der Waals surface area contributed by atoms with Crippen molar-refractivity contribution in [3.63, 3.8) is 0 Å². The molecule has 3 aliphatic carbocycles. The summed E-state index contributed by atoms with van der Waals surface area (Å²) in [4.78, 5) is 12.9. The molecule has 2 saturated carbocycles. The summed E-state index contributed by atoms with van der Waals surface area (Å²) in [6.07, 6.45) is 6.35. The van der Waals surface area contributed by atoms with Gasteiger partial charge < -0.3 is 16.6 Å². The molecule has 5 N–H and O–H groups in total. The van der Waals surface area contributed by atoms with Gasteiger partial charge in [0.2, 0.25) is 0 Å². The summed E-state index contributed by atoms with van der Waals surface area (Å²) in [5.74, 6) is 1.66. The van der Waals surface area contributed by atoms with Gasteiger partial charge in [0.05, 0.1) is 0 Å². The molecule has 0 heterocycles. The zero-order chi connectivity index (χ0) is 17.8. The Morgan fingerprint density at radius 3 is 2.88 bits per heavy atom. The van der Waals surface area contributed by atoms with Crippen LogP contribution >= 0.6 is 0 Å². The van der Waals surface area contributed by atoms with E-state index in [4.69, 9.17) is 11.5 Å². The molecular formula is C21H30N2O2. The van der Waals surface area contributed by atoms with Crippen LogP contribution in [0.3, 0.4) is 0 Å². The van der Waals surface area contributed by atoms with Gasteiger partial charge in [0.15, 0.2) is 0 Å². The van der Waals surface area contributed by atoms with Crippen molar-refractivity contribution >= 4 is 5.78 Å². The molecule has 4 nitrogen and oxygen atoms in total. The number of nitrogens with two attached hydrogens (primary N) is 2. The lowest BCUT2D eigenvalue weighted by Crippen LogP contribution is -2.62. The van der Waals surface area contributed by atoms with E-state index < -0.39 is 0 Å². The lowest BCUT2D eigenvalue weighted by molar-refractivity contribution is -0.130. The highest BCUT2D eigenvalue weighted by Gasteiger charge is 2.63. The Labute approximate surface area is 150 Å². The van der Waals surface area contributed by atoms with Gasteiger partial charge in [0, 0.05) is 23.3 Å². The molecule has 0 spiro atoms. The maximum absolute atomic E-state index is 12.9. The van der Waals surface area contributed by atoms with Gasteiger partial charge in [-0.25, -0.2) is 0 Å². The Bertz CT molecular complexity index is 703. The summed E-state index contributed by atoms with van der Waals surface area (Å²) in [7, 11) is 0. The van der Waals surface area contributed by atoms with E-state index >= 15 is 0 Å². The zero-order valence-electron chi connectivity index (χ0n) is 15.1. The normalized spacial score (nSPS) is 39.6. The Morgan fingerprint density at radius 1 is 1.32 bits per heavy atom. The molecule has 1 aromatic carbocycles. The van der Waals surface area contributed by atoms with E-state index in [1.54, 1.807) is 6.07 Å². The first-order valence-corrected chi connectivity index (χ1v) is 9.74. The summed E-state index contributed by atoms with van der Waals surface area (Å²) in [5.41, 5.74) is 14.9. The number of phenols is 1. The van der Waals surface area contributed by atoms with Crippen LogP contribution < -0.4 is 11.5 Å². The van der Waals surface area contributed by atoms with Crippen molar-refractivity contribution in [3.05, 3.63) is 29.3 Å². The summed E-state index contributed by atoms with van der Waals surface area (Å²) < 4.78 is 0. The number of Topliss-reactive ketones (excluding diaryl/α,β-unsaturated/α-hetero) is 1. The van der Waals surface area contributed by atoms with E-state index in [1.807, 2.05) is 6.07 Å². The van der Waals surface area contributed by atoms with Crippen molar-refractivity contribution in [2.24, 2.45) is 28.7 Å². The summed E-state index contributed by atoms with van der Waals surface area (Å²) in [6, 6.07) is 5.74. The Kier molecular flexibility index (Phi) is 3.97. The van der Waals surface area contributed by atoms with Crippen molar-refractivity contribution in [2.75, 3.05) is 6.54 Å². The predicted molar refractivity (Wildman–Crippen MR) is 98.3 cm³/mol. The lowest BCUT2D eigenvalue weighted by Gasteiger charge is -2.56. The fraction of sp³-hybridized carbons (Fsp3) is 0.667. The van der Waals surface area contributed by atoms with Gasteiger partial charge in [0.1, 0.15) is 11.5 Å². The Morgan fingerprint density at radius 2 is 2.12 bits per heavy atom. The van der Waals surface area contributed by atoms with Gasteiger partial charge in [-0.3, -0.25) is 4.79 Å². The second kappa shape index (κ2) is 5.82. The minimum atomic E-state index is -0.317. The first kappa shape index (κ1) is 17.0. The molecule has 5 unspecified atom stereocenters. The first-order chi connectivity index (χ1) is 11.9. The standard InChI is InChI=1S/C21H30N2O2/c1-20-8-7-17-16-5-4-15(24)11-13(16)6-9-21(17,23)19(20)14(3-2-10-22)12-18(20)25/h4-5,11,14,17,19,24H,2-3,6-10,12,22-23H2,1H3. The SMILES string of the molecule is CC12CCC3c4ccc(O)cc4CCC3(N)C1C(CCCN)CC2=O. The molecule has 0 saturated heterocycles. The number of carbonyl (C=O) groups is 1. The summed E-state index contributed by atoms with van der Waals surface area (Å²) >= 11 is 0. The monoisotopic (exact) mass is 342 g/mol. The molecule has 0 amide bonds. The van der Waals surface area contributed by atoms with Crippen molar-refractivity contribution in [3.8, 4) is 5.75 Å². The number of hydrogen-bond acceptors (Lipinski definition) is 4. The molecule has 4 heteroatoms. The largest absolute Gasteiger partial charge is 0.508 e. The van der Waals surface area contributed by atoms with E-state index in [9.17, 15) is 9.90 Å². The van der Waals surface area contributed by atoms with Crippen LogP contribution in [-0.4, -0.2) is 23.0 Å². The molecule has 0 radical (unpaired) electrons. The maximum atomic E-state index is 12.9. The highest BCUT2D eigenvalue weighted by molar-refractivity contribution is 5.88. The van der Waals surface area contributed by atoms with Crippen LogP contribution in [0.15, 0.2) is 18.2 Å². The van der Waals surface area contributed by atoms with Crippen LogP contribution in [0.4, 0.5) is 0 Å². The Balaban J connectivity index is 1.75. The average Bonchev–Trinajstić information content (AvgIpc) is 2.84. The van der Waals surface area contributed by atoms with Crippen LogP contribution in [0, 0.1) is 17.3 Å². The van der Waals surface area contributed by atoms with E-state index in [2.05, 4.69) is 13.0 Å². The number of benzene rings is 1. The molecule has 3 aliphatic rings. The van der Waals surface area contributed by atoms with E-state index in [1.165, 1.54) is 11.1 Å². The number of rotatable bonds is 3. The minimum Gasteiger partial charge on any atom is -0.508 e. The number of carbonyl (C=O) groups excluding carboxylic acids is 1. The topological polar surface area (TPSA) is 89.3 Å². The van der Waals surface area contributed by atoms with E-state index in [0.717, 1.165) is 38.5 Å². The first-order valence-electron chi connectivity index (χ1n) is 9.74. The molecule has 5 atom stereocenters. The van der Waals surface area contributed by atoms with Crippen molar-refractivity contribution < 1.29 is 9.90 Å². The molecule has 0 aromatic heterocycles. The van der Waals surface area contributed by atoms with Crippen molar-refractivity contribution in [2.45, 2.75) is 63.3 Å². The van der Waals surface area contributed by atoms with Crippen LogP contribution in [0.25, 0.3) is 0 Å². The molecule has 0 bridgehead atoms. The van der Waals surface area contributed by atoms with Crippen LogP contribution in [-0.2, 0) is 11.2 Å². The smallest absolute Gasteiger partial charge is 0.139 e. The molecule has 0 aliphatic heterocycles. The van der Waals surface area contributed by atoms with E-state index in [-0.39, 0.29) is 16.9 Å². The Hall–Kier alpha value is -1.39. The van der Waals surface area contributed by atoms with Gasteiger partial charge in [-0.05, 0) is 80.2 Å². The van der Waals surface area contributed by atoms with Crippen LogP contribution in [0.1, 0.15) is 62.5 Å². The van der Waals surface area contributed by atoms with Gasteiger partial charge >= 0.3 is 0 Å². The second-order valence-corrected chi connectivity index (χ2v) is 8.80. The third-order valence-electron chi connectivity index (χ3n) is 7.53. The quantitative estimate of drug-likeness (QED) is 0.788. The average molecular weight is 342 g/mol. The zero-order valence-corrected chi connectivity index (χ0v) is 15.1. The number of aromatic hydroxyl groups is 1. The number of hydrogen-bond donors (Lipinski definition) is 3. The van der Waals surface area contributed by atoms with Gasteiger partial charge in [0.25, 0.3) is 0 Å². The fourth-order valence-corrected chi connectivity index (χ4v) is 6.46. The molecule has 25 heavy (non-hydrogen) atoms. The highest BCUT2D eigenvalue weighted by atomic mass is 16.3. The van der Waals surface area contributed by atoms with Crippen molar-refractivity contribution in [1.82, 2.24) is 0 Å². The third kappa shape index (κ3) is 2.37. The highest BCUT2D eigenvalue weighted by Crippen LogP contribution is 2.63. The van der Waals surface area contributed by atoms with Crippen molar-refractivity contribution in [1.29, 1.82) is 0 Å². The molecule has 4 rings (SSSR count). The summed E-state index contributed by atoms with van der Waals surface area (Å²) in [5, 5.41) is 9.83.